The Bertz CT molecular complexity index is 1190. The van der Waals surface area contributed by atoms with Crippen LogP contribution >= 0.6 is 0 Å². The van der Waals surface area contributed by atoms with Crippen LogP contribution in [0.15, 0.2) is 58.7 Å². The number of allylic oxidation sites excluding steroid dienone is 7. The summed E-state index contributed by atoms with van der Waals surface area (Å²) in [6, 6.07) is 0.503. The molecule has 1 spiro atoms. The summed E-state index contributed by atoms with van der Waals surface area (Å²) in [6.45, 7) is 10.4. The Kier molecular flexibility index (Phi) is 18.3. The van der Waals surface area contributed by atoms with Gasteiger partial charge in [0, 0.05) is 44.2 Å². The zero-order valence-corrected chi connectivity index (χ0v) is 31.7. The van der Waals surface area contributed by atoms with Gasteiger partial charge in [0.15, 0.2) is 0 Å². The van der Waals surface area contributed by atoms with Crippen LogP contribution in [0.2, 0.25) is 0 Å². The highest BCUT2D eigenvalue weighted by Gasteiger charge is 2.65. The second-order valence-electron chi connectivity index (χ2n) is 15.4. The predicted molar refractivity (Wildman–Crippen MR) is 204 cm³/mol. The molecule has 0 aromatic rings. The molecule has 284 valence electrons. The van der Waals surface area contributed by atoms with Gasteiger partial charge in [0.25, 0.3) is 0 Å². The number of nitrogens with one attached hydrogen (secondary N) is 2. The van der Waals surface area contributed by atoms with Crippen molar-refractivity contribution >= 4 is 6.29 Å². The average Bonchev–Trinajstić information content (AvgIpc) is 3.47. The van der Waals surface area contributed by atoms with Gasteiger partial charge in [0.05, 0.1) is 18.3 Å². The number of carbonyl (C=O) groups excluding carboxylic acids is 1. The summed E-state index contributed by atoms with van der Waals surface area (Å²) in [5.41, 5.74) is 2.68. The SMILES string of the molecule is C=C(C=CC=C(CO)C1CCC2(C(CCCO)C(=C(C)C=O)CCC2(O)CCNC)C1O)CCC=C(C)CNC(CCOC)C1CCCCC1. The molecule has 0 heterocycles. The average molecular weight is 699 g/mol. The van der Waals surface area contributed by atoms with Crippen molar-refractivity contribution in [2.45, 2.75) is 128 Å². The maximum absolute atomic E-state index is 12.4. The van der Waals surface area contributed by atoms with E-state index in [9.17, 15) is 25.2 Å². The highest BCUT2D eigenvalue weighted by atomic mass is 16.5. The monoisotopic (exact) mass is 699 g/mol. The molecule has 0 aliphatic heterocycles. The fraction of sp³-hybridized carbons (Fsp3) is 0.738. The molecule has 0 aromatic heterocycles. The van der Waals surface area contributed by atoms with Gasteiger partial charge in [0.2, 0.25) is 0 Å². The molecule has 3 aliphatic rings. The third-order valence-electron chi connectivity index (χ3n) is 12.4. The van der Waals surface area contributed by atoms with Gasteiger partial charge in [-0.25, -0.2) is 0 Å². The molecular formula is C42H70N2O6. The van der Waals surface area contributed by atoms with Crippen LogP contribution in [0, 0.1) is 23.2 Å². The first-order valence-electron chi connectivity index (χ1n) is 19.5. The van der Waals surface area contributed by atoms with Crippen LogP contribution in [-0.4, -0.2) is 91.5 Å². The van der Waals surface area contributed by atoms with Crippen LogP contribution in [0.25, 0.3) is 0 Å². The van der Waals surface area contributed by atoms with Crippen molar-refractivity contribution in [3.8, 4) is 0 Å². The van der Waals surface area contributed by atoms with Crippen molar-refractivity contribution in [1.29, 1.82) is 0 Å². The number of methoxy groups -OCH3 is 1. The lowest BCUT2D eigenvalue weighted by atomic mass is 9.51. The number of hydrogen-bond acceptors (Lipinski definition) is 8. The van der Waals surface area contributed by atoms with Crippen LogP contribution in [0.3, 0.4) is 0 Å². The normalized spacial score (nSPS) is 30.0. The first-order chi connectivity index (χ1) is 24.1. The molecule has 8 heteroatoms. The van der Waals surface area contributed by atoms with Crippen molar-refractivity contribution in [2.75, 3.05) is 47.1 Å². The van der Waals surface area contributed by atoms with Gasteiger partial charge < -0.3 is 35.8 Å². The van der Waals surface area contributed by atoms with E-state index in [1.165, 1.54) is 37.7 Å². The Balaban J connectivity index is 1.68. The molecule has 6 atom stereocenters. The van der Waals surface area contributed by atoms with E-state index in [0.29, 0.717) is 63.1 Å². The first kappa shape index (κ1) is 42.5. The zero-order valence-electron chi connectivity index (χ0n) is 31.7. The van der Waals surface area contributed by atoms with E-state index in [0.717, 1.165) is 61.3 Å². The molecule has 0 saturated heterocycles. The summed E-state index contributed by atoms with van der Waals surface area (Å²) < 4.78 is 5.40. The quantitative estimate of drug-likeness (QED) is 0.0366. The fourth-order valence-electron chi connectivity index (χ4n) is 9.52. The molecule has 0 aromatic carbocycles. The second kappa shape index (κ2) is 21.6. The zero-order chi connectivity index (χ0) is 36.6. The van der Waals surface area contributed by atoms with E-state index >= 15 is 0 Å². The molecular weight excluding hydrogens is 628 g/mol. The Morgan fingerprint density at radius 3 is 2.56 bits per heavy atom. The lowest BCUT2D eigenvalue weighted by Crippen LogP contribution is -2.61. The van der Waals surface area contributed by atoms with E-state index in [2.05, 4.69) is 30.2 Å². The standard InChI is InChI=1S/C42H70N2O6/c1-31(12-9-14-32(2)28-44-39(21-27-50-5)34-15-7-6-8-16-34)13-10-17-35(30-47)37-20-23-42(40(37)48)38(18-11-26-45)36(33(3)29-46)19-22-41(42,49)24-25-43-4/h10,13-14,17,29,34,37-40,43-45,47-49H,1,6-9,11-12,15-16,18-28,30H2,2-5H3. The van der Waals surface area contributed by atoms with E-state index in [4.69, 9.17) is 4.74 Å². The van der Waals surface area contributed by atoms with Crippen LogP contribution in [0.1, 0.15) is 110 Å². The third-order valence-corrected chi connectivity index (χ3v) is 12.4. The van der Waals surface area contributed by atoms with Gasteiger partial charge in [-0.15, -0.1) is 0 Å². The van der Waals surface area contributed by atoms with Crippen molar-refractivity contribution in [3.05, 3.63) is 58.7 Å². The van der Waals surface area contributed by atoms with Crippen LogP contribution < -0.4 is 10.6 Å². The molecule has 3 saturated carbocycles. The van der Waals surface area contributed by atoms with Crippen molar-refractivity contribution in [1.82, 2.24) is 10.6 Å². The molecule has 50 heavy (non-hydrogen) atoms. The molecule has 6 unspecified atom stereocenters. The molecule has 0 bridgehead atoms. The summed E-state index contributed by atoms with van der Waals surface area (Å²) in [5, 5.41) is 51.9. The Hall–Kier alpha value is -1.91. The van der Waals surface area contributed by atoms with Gasteiger partial charge in [0.1, 0.15) is 6.29 Å². The van der Waals surface area contributed by atoms with E-state index in [-0.39, 0.29) is 25.0 Å². The minimum atomic E-state index is -1.15. The lowest BCUT2D eigenvalue weighted by molar-refractivity contribution is -0.180. The minimum Gasteiger partial charge on any atom is -0.396 e. The summed E-state index contributed by atoms with van der Waals surface area (Å²) in [6.07, 6.45) is 21.4. The van der Waals surface area contributed by atoms with Crippen LogP contribution in [0.4, 0.5) is 0 Å². The number of aldehydes is 1. The first-order valence-corrected chi connectivity index (χ1v) is 19.5. The number of carbonyl (C=O) groups is 1. The smallest absolute Gasteiger partial charge is 0.145 e. The minimum absolute atomic E-state index is 0.00690. The number of aliphatic hydroxyl groups excluding tert-OH is 3. The molecule has 3 fully saturated rings. The number of hydrogen-bond donors (Lipinski definition) is 6. The molecule has 6 N–H and O–H groups in total. The van der Waals surface area contributed by atoms with Gasteiger partial charge in [-0.05, 0) is 127 Å². The highest BCUT2D eigenvalue weighted by molar-refractivity contribution is 5.74. The fourth-order valence-corrected chi connectivity index (χ4v) is 9.52. The lowest BCUT2D eigenvalue weighted by Gasteiger charge is -2.57. The maximum atomic E-state index is 12.4. The maximum Gasteiger partial charge on any atom is 0.145 e. The van der Waals surface area contributed by atoms with E-state index in [1.807, 2.05) is 32.2 Å². The van der Waals surface area contributed by atoms with Gasteiger partial charge in [-0.1, -0.05) is 66.9 Å². The third kappa shape index (κ3) is 10.8. The van der Waals surface area contributed by atoms with Gasteiger partial charge in [-0.2, -0.15) is 0 Å². The summed E-state index contributed by atoms with van der Waals surface area (Å²) in [7, 11) is 3.64. The molecule has 3 aliphatic carbocycles. The Morgan fingerprint density at radius 1 is 1.14 bits per heavy atom. The highest BCUT2D eigenvalue weighted by Crippen LogP contribution is 2.63. The summed E-state index contributed by atoms with van der Waals surface area (Å²) in [4.78, 5) is 12.0. The number of rotatable bonds is 21. The predicted octanol–water partition coefficient (Wildman–Crippen LogP) is 6.11. The molecule has 0 radical (unpaired) electrons. The van der Waals surface area contributed by atoms with E-state index in [1.54, 1.807) is 7.11 Å². The Labute approximate surface area is 303 Å². The van der Waals surface area contributed by atoms with Crippen LogP contribution in [-0.2, 0) is 9.53 Å². The largest absolute Gasteiger partial charge is 0.396 e. The molecule has 8 nitrogen and oxygen atoms in total. The van der Waals surface area contributed by atoms with E-state index < -0.39 is 17.1 Å². The van der Waals surface area contributed by atoms with Crippen molar-refractivity contribution < 1.29 is 30.0 Å². The van der Waals surface area contributed by atoms with Crippen LogP contribution in [0.5, 0.6) is 0 Å². The topological polar surface area (TPSA) is 131 Å². The molecule has 3 rings (SSSR count). The number of aliphatic hydroxyl groups is 4. The summed E-state index contributed by atoms with van der Waals surface area (Å²) in [5.74, 6) is 0.178. The summed E-state index contributed by atoms with van der Waals surface area (Å²) >= 11 is 0. The van der Waals surface area contributed by atoms with Gasteiger partial charge >= 0.3 is 0 Å². The second-order valence-corrected chi connectivity index (χ2v) is 15.4. The number of ether oxygens (including phenoxy) is 1. The van der Waals surface area contributed by atoms with Crippen molar-refractivity contribution in [2.24, 2.45) is 23.2 Å². The Morgan fingerprint density at radius 2 is 1.90 bits per heavy atom. The van der Waals surface area contributed by atoms with Crippen molar-refractivity contribution in [3.63, 3.8) is 0 Å². The van der Waals surface area contributed by atoms with Gasteiger partial charge in [-0.3, -0.25) is 4.79 Å². The molecule has 0 amide bonds.